The molecule has 1 heterocycles. The van der Waals surface area contributed by atoms with E-state index in [9.17, 15) is 0 Å². The molecule has 2 unspecified atom stereocenters. The molecule has 1 aliphatic rings. The summed E-state index contributed by atoms with van der Waals surface area (Å²) in [7, 11) is 6.12. The van der Waals surface area contributed by atoms with E-state index in [1.165, 1.54) is 13.1 Å². The van der Waals surface area contributed by atoms with Crippen molar-refractivity contribution in [2.24, 2.45) is 5.92 Å². The van der Waals surface area contributed by atoms with E-state index in [0.29, 0.717) is 18.0 Å². The molecule has 0 aromatic rings. The molecule has 84 valence electrons. The predicted octanol–water partition coefficient (Wildman–Crippen LogP) is 0.903. The molecule has 0 spiro atoms. The molecule has 1 aliphatic heterocycles. The molecule has 0 bridgehead atoms. The summed E-state index contributed by atoms with van der Waals surface area (Å²) in [6.07, 6.45) is 0. The highest BCUT2D eigenvalue weighted by molar-refractivity contribution is 4.90. The summed E-state index contributed by atoms with van der Waals surface area (Å²) in [5.41, 5.74) is 0. The Bertz CT molecular complexity index is 171. The van der Waals surface area contributed by atoms with Gasteiger partial charge in [-0.15, -0.1) is 0 Å². The van der Waals surface area contributed by atoms with Gasteiger partial charge in [-0.1, -0.05) is 0 Å². The highest BCUT2D eigenvalue weighted by Crippen LogP contribution is 2.22. The first-order valence-electron chi connectivity index (χ1n) is 5.45. The van der Waals surface area contributed by atoms with Gasteiger partial charge >= 0.3 is 0 Å². The monoisotopic (exact) mass is 200 g/mol. The number of hydrogen-bond donors (Lipinski definition) is 0. The van der Waals surface area contributed by atoms with Gasteiger partial charge in [0, 0.05) is 38.2 Å². The van der Waals surface area contributed by atoms with Gasteiger partial charge in [0.2, 0.25) is 0 Å². The highest BCUT2D eigenvalue weighted by atomic mass is 16.5. The van der Waals surface area contributed by atoms with Crippen LogP contribution >= 0.6 is 0 Å². The zero-order chi connectivity index (χ0) is 10.7. The van der Waals surface area contributed by atoms with Gasteiger partial charge in [-0.05, 0) is 27.9 Å². The van der Waals surface area contributed by atoms with E-state index >= 15 is 0 Å². The van der Waals surface area contributed by atoms with Crippen LogP contribution in [0.25, 0.3) is 0 Å². The van der Waals surface area contributed by atoms with E-state index in [0.717, 1.165) is 6.61 Å². The number of methoxy groups -OCH3 is 1. The summed E-state index contributed by atoms with van der Waals surface area (Å²) in [5, 5.41) is 0. The highest BCUT2D eigenvalue weighted by Gasteiger charge is 2.34. The van der Waals surface area contributed by atoms with Gasteiger partial charge in [-0.25, -0.2) is 0 Å². The smallest absolute Gasteiger partial charge is 0.0518 e. The minimum atomic E-state index is 0.650. The summed E-state index contributed by atoms with van der Waals surface area (Å²) in [5.74, 6) is 0.664. The molecule has 3 heteroatoms. The van der Waals surface area contributed by atoms with Gasteiger partial charge < -0.3 is 9.64 Å². The van der Waals surface area contributed by atoms with Crippen LogP contribution in [0.5, 0.6) is 0 Å². The SMILES string of the molecule is COCC1CN(C(C)C)CC1N(C)C. The number of rotatable bonds is 4. The Labute approximate surface area is 88.0 Å². The molecule has 0 aromatic carbocycles. The normalized spacial score (nSPS) is 29.4. The van der Waals surface area contributed by atoms with Crippen LogP contribution in [-0.2, 0) is 4.74 Å². The molecule has 0 radical (unpaired) electrons. The molecule has 14 heavy (non-hydrogen) atoms. The maximum atomic E-state index is 5.28. The van der Waals surface area contributed by atoms with Crippen LogP contribution < -0.4 is 0 Å². The first-order chi connectivity index (χ1) is 6.56. The lowest BCUT2D eigenvalue weighted by molar-refractivity contribution is 0.120. The number of hydrogen-bond acceptors (Lipinski definition) is 3. The number of ether oxygens (including phenoxy) is 1. The molecular weight excluding hydrogens is 176 g/mol. The first kappa shape index (κ1) is 12.0. The van der Waals surface area contributed by atoms with E-state index < -0.39 is 0 Å². The van der Waals surface area contributed by atoms with Gasteiger partial charge in [-0.2, -0.15) is 0 Å². The summed E-state index contributed by atoms with van der Waals surface area (Å²) in [6, 6.07) is 1.30. The second-order valence-corrected chi connectivity index (χ2v) is 4.79. The zero-order valence-electron chi connectivity index (χ0n) is 10.2. The molecular formula is C11H24N2O. The van der Waals surface area contributed by atoms with E-state index in [1.54, 1.807) is 7.11 Å². The van der Waals surface area contributed by atoms with Gasteiger partial charge in [0.05, 0.1) is 6.61 Å². The minimum Gasteiger partial charge on any atom is -0.384 e. The lowest BCUT2D eigenvalue weighted by Crippen LogP contribution is -2.37. The number of likely N-dealkylation sites (N-methyl/N-ethyl adjacent to an activating group) is 1. The van der Waals surface area contributed by atoms with Crippen molar-refractivity contribution in [3.05, 3.63) is 0 Å². The summed E-state index contributed by atoms with van der Waals surface area (Å²) in [6.45, 7) is 7.77. The van der Waals surface area contributed by atoms with E-state index in [-0.39, 0.29) is 0 Å². The molecule has 0 amide bonds. The van der Waals surface area contributed by atoms with Gasteiger partial charge in [0.15, 0.2) is 0 Å². The molecule has 0 N–H and O–H groups in total. The van der Waals surface area contributed by atoms with Crippen LogP contribution in [0.15, 0.2) is 0 Å². The molecule has 1 rings (SSSR count). The third-order valence-electron chi connectivity index (χ3n) is 3.21. The number of nitrogens with zero attached hydrogens (tertiary/aromatic N) is 2. The fourth-order valence-corrected chi connectivity index (χ4v) is 2.27. The van der Waals surface area contributed by atoms with Crippen molar-refractivity contribution in [1.82, 2.24) is 9.80 Å². The summed E-state index contributed by atoms with van der Waals surface area (Å²) in [4.78, 5) is 4.86. The van der Waals surface area contributed by atoms with E-state index in [2.05, 4.69) is 37.7 Å². The van der Waals surface area contributed by atoms with E-state index in [1.807, 2.05) is 0 Å². The lowest BCUT2D eigenvalue weighted by Gasteiger charge is -2.24. The third kappa shape index (κ3) is 2.69. The van der Waals surface area contributed by atoms with Crippen molar-refractivity contribution < 1.29 is 4.74 Å². The van der Waals surface area contributed by atoms with Crippen molar-refractivity contribution in [1.29, 1.82) is 0 Å². The van der Waals surface area contributed by atoms with E-state index in [4.69, 9.17) is 4.74 Å². The molecule has 3 nitrogen and oxygen atoms in total. The standard InChI is InChI=1S/C11H24N2O/c1-9(2)13-6-10(8-14-5)11(7-13)12(3)4/h9-11H,6-8H2,1-5H3. The second-order valence-electron chi connectivity index (χ2n) is 4.79. The molecule has 0 aliphatic carbocycles. The largest absolute Gasteiger partial charge is 0.384 e. The quantitative estimate of drug-likeness (QED) is 0.671. The molecule has 1 fully saturated rings. The van der Waals surface area contributed by atoms with Crippen LogP contribution in [0.2, 0.25) is 0 Å². The average Bonchev–Trinajstić information content (AvgIpc) is 2.49. The van der Waals surface area contributed by atoms with Gasteiger partial charge in [0.25, 0.3) is 0 Å². The first-order valence-corrected chi connectivity index (χ1v) is 5.45. The van der Waals surface area contributed by atoms with Crippen molar-refractivity contribution in [3.63, 3.8) is 0 Å². The third-order valence-corrected chi connectivity index (χ3v) is 3.21. The predicted molar refractivity (Wildman–Crippen MR) is 59.6 cm³/mol. The maximum absolute atomic E-state index is 5.28. The van der Waals surface area contributed by atoms with Crippen molar-refractivity contribution in [3.8, 4) is 0 Å². The van der Waals surface area contributed by atoms with Gasteiger partial charge in [0.1, 0.15) is 0 Å². The van der Waals surface area contributed by atoms with Crippen molar-refractivity contribution in [2.75, 3.05) is 40.9 Å². The Balaban J connectivity index is 2.55. The molecule has 2 atom stereocenters. The van der Waals surface area contributed by atoms with Crippen LogP contribution in [-0.4, -0.2) is 62.8 Å². The fraction of sp³-hybridized carbons (Fsp3) is 1.00. The van der Waals surface area contributed by atoms with Crippen LogP contribution in [0.1, 0.15) is 13.8 Å². The Morgan fingerprint density at radius 3 is 2.43 bits per heavy atom. The topological polar surface area (TPSA) is 15.7 Å². The Morgan fingerprint density at radius 1 is 1.36 bits per heavy atom. The number of likely N-dealkylation sites (tertiary alicyclic amines) is 1. The zero-order valence-corrected chi connectivity index (χ0v) is 10.2. The van der Waals surface area contributed by atoms with Crippen LogP contribution in [0, 0.1) is 5.92 Å². The van der Waals surface area contributed by atoms with Crippen molar-refractivity contribution >= 4 is 0 Å². The second kappa shape index (κ2) is 5.10. The lowest BCUT2D eigenvalue weighted by atomic mass is 10.0. The molecule has 1 saturated heterocycles. The average molecular weight is 200 g/mol. The van der Waals surface area contributed by atoms with Crippen LogP contribution in [0.4, 0.5) is 0 Å². The molecule has 0 saturated carbocycles. The minimum absolute atomic E-state index is 0.650. The fourth-order valence-electron chi connectivity index (χ4n) is 2.27. The van der Waals surface area contributed by atoms with Crippen LogP contribution in [0.3, 0.4) is 0 Å². The Morgan fingerprint density at radius 2 is 2.00 bits per heavy atom. The molecule has 0 aromatic heterocycles. The summed E-state index contributed by atoms with van der Waals surface area (Å²) < 4.78 is 5.28. The van der Waals surface area contributed by atoms with Gasteiger partial charge in [-0.3, -0.25) is 4.90 Å². The summed E-state index contributed by atoms with van der Waals surface area (Å²) >= 11 is 0. The Hall–Kier alpha value is -0.120. The van der Waals surface area contributed by atoms with Crippen molar-refractivity contribution in [2.45, 2.75) is 25.9 Å². The maximum Gasteiger partial charge on any atom is 0.0518 e. The Kier molecular flexibility index (Phi) is 4.35.